The molecule has 0 heterocycles. The molecule has 0 atom stereocenters. The number of nitrogens with two attached hydrogens (primary N) is 1. The number of rotatable bonds is 3. The van der Waals surface area contributed by atoms with Crippen LogP contribution in [-0.4, -0.2) is 18.7 Å². The number of fused-ring (bicyclic) bond motifs is 2. The maximum atomic E-state index is 6.57. The van der Waals surface area contributed by atoms with Crippen molar-refractivity contribution in [2.45, 2.75) is 6.92 Å². The minimum Gasteiger partial charge on any atom is -0.369 e. The summed E-state index contributed by atoms with van der Waals surface area (Å²) in [4.78, 5) is 4.04. The third-order valence-corrected chi connectivity index (χ3v) is 4.02. The number of benzene rings is 3. The van der Waals surface area contributed by atoms with Crippen molar-refractivity contribution in [3.05, 3.63) is 59.1 Å². The van der Waals surface area contributed by atoms with Crippen LogP contribution in [-0.2, 0) is 0 Å². The van der Waals surface area contributed by atoms with Crippen LogP contribution in [0.5, 0.6) is 0 Å². The molecule has 23 heavy (non-hydrogen) atoms. The summed E-state index contributed by atoms with van der Waals surface area (Å²) in [7, 11) is 0. The van der Waals surface area contributed by atoms with E-state index in [1.54, 1.807) is 6.21 Å². The Hall–Kier alpha value is -2.59. The second-order valence-electron chi connectivity index (χ2n) is 5.05. The van der Waals surface area contributed by atoms with Gasteiger partial charge in [0.25, 0.3) is 0 Å². The Kier molecular flexibility index (Phi) is 4.44. The summed E-state index contributed by atoms with van der Waals surface area (Å²) in [5.74, 6) is 0.298. The Labute approximate surface area is 139 Å². The van der Waals surface area contributed by atoms with Crippen LogP contribution in [0.3, 0.4) is 0 Å². The maximum absolute atomic E-state index is 6.57. The largest absolute Gasteiger partial charge is 0.369 e. The van der Waals surface area contributed by atoms with E-state index < -0.39 is 0 Å². The highest BCUT2D eigenvalue weighted by atomic mass is 35.5. The van der Waals surface area contributed by atoms with Gasteiger partial charge in [-0.25, -0.2) is 5.43 Å². The number of hydrogen-bond acceptors (Lipinski definition) is 2. The van der Waals surface area contributed by atoms with E-state index in [0.29, 0.717) is 12.5 Å². The zero-order valence-corrected chi connectivity index (χ0v) is 13.5. The lowest BCUT2D eigenvalue weighted by atomic mass is 9.97. The summed E-state index contributed by atoms with van der Waals surface area (Å²) >= 11 is 6.57. The fourth-order valence-electron chi connectivity index (χ4n) is 2.62. The third-order valence-electron chi connectivity index (χ3n) is 3.61. The Morgan fingerprint density at radius 1 is 1.04 bits per heavy atom. The zero-order chi connectivity index (χ0) is 16.2. The lowest BCUT2D eigenvalue weighted by Crippen LogP contribution is -2.27. The van der Waals surface area contributed by atoms with Crippen LogP contribution < -0.4 is 11.2 Å². The predicted molar refractivity (Wildman–Crippen MR) is 99.4 cm³/mol. The molecule has 0 radical (unpaired) electrons. The van der Waals surface area contributed by atoms with Gasteiger partial charge in [-0.05, 0) is 17.7 Å². The number of aliphatic imine (C=N–C) groups is 1. The van der Waals surface area contributed by atoms with Crippen LogP contribution in [0.15, 0.2) is 58.6 Å². The highest BCUT2D eigenvalue weighted by Gasteiger charge is 2.10. The first-order chi connectivity index (χ1) is 11.2. The summed E-state index contributed by atoms with van der Waals surface area (Å²) in [5.41, 5.74) is 9.44. The minimum absolute atomic E-state index is 0.298. The number of nitrogens with zero attached hydrogens (tertiary/aromatic N) is 2. The normalized spacial score (nSPS) is 12.3. The first kappa shape index (κ1) is 15.3. The van der Waals surface area contributed by atoms with Crippen LogP contribution in [0, 0.1) is 0 Å². The molecule has 0 unspecified atom stereocenters. The number of hydrazone groups is 1. The van der Waals surface area contributed by atoms with Gasteiger partial charge in [0.15, 0.2) is 0 Å². The van der Waals surface area contributed by atoms with Gasteiger partial charge in [-0.3, -0.25) is 4.99 Å². The van der Waals surface area contributed by atoms with Gasteiger partial charge in [0.1, 0.15) is 0 Å². The van der Waals surface area contributed by atoms with Crippen LogP contribution in [0.2, 0.25) is 5.02 Å². The van der Waals surface area contributed by atoms with Crippen molar-refractivity contribution in [2.24, 2.45) is 15.8 Å². The highest BCUT2D eigenvalue weighted by molar-refractivity contribution is 6.42. The van der Waals surface area contributed by atoms with Crippen molar-refractivity contribution in [3.63, 3.8) is 0 Å². The van der Waals surface area contributed by atoms with E-state index in [2.05, 4.69) is 15.5 Å². The van der Waals surface area contributed by atoms with Crippen molar-refractivity contribution in [1.82, 2.24) is 5.43 Å². The van der Waals surface area contributed by atoms with Gasteiger partial charge in [-0.15, -0.1) is 0 Å². The standard InChI is InChI=1S/C18H17ClN4/c1-2-21-18(20)23-22-11-16-12-7-3-5-9-14(12)17(19)15-10-6-4-8-13(15)16/h3-11H,2H2,1H3,(H3,20,21,23). The molecular weight excluding hydrogens is 308 g/mol. The molecule has 3 aromatic rings. The Morgan fingerprint density at radius 3 is 2.09 bits per heavy atom. The first-order valence-electron chi connectivity index (χ1n) is 7.40. The molecule has 0 saturated carbocycles. The fourth-order valence-corrected chi connectivity index (χ4v) is 2.95. The molecule has 0 aromatic heterocycles. The lowest BCUT2D eigenvalue weighted by molar-refractivity contribution is 0.981. The molecule has 3 rings (SSSR count). The summed E-state index contributed by atoms with van der Waals surface area (Å²) < 4.78 is 0. The second-order valence-corrected chi connectivity index (χ2v) is 5.43. The average Bonchev–Trinajstić information content (AvgIpc) is 2.58. The smallest absolute Gasteiger partial charge is 0.209 e. The fraction of sp³-hybridized carbons (Fsp3) is 0.111. The Balaban J connectivity index is 2.19. The molecule has 5 heteroatoms. The lowest BCUT2D eigenvalue weighted by Gasteiger charge is -2.10. The van der Waals surface area contributed by atoms with Crippen molar-refractivity contribution in [2.75, 3.05) is 6.54 Å². The predicted octanol–water partition coefficient (Wildman–Crippen LogP) is 3.90. The molecule has 0 aliphatic carbocycles. The number of hydrogen-bond donors (Lipinski definition) is 2. The molecule has 3 N–H and O–H groups in total. The summed E-state index contributed by atoms with van der Waals surface area (Å²) in [6, 6.07) is 16.1. The first-order valence-corrected chi connectivity index (χ1v) is 7.78. The van der Waals surface area contributed by atoms with E-state index in [-0.39, 0.29) is 0 Å². The van der Waals surface area contributed by atoms with E-state index >= 15 is 0 Å². The molecular formula is C18H17ClN4. The molecule has 0 spiro atoms. The van der Waals surface area contributed by atoms with Crippen LogP contribution in [0.4, 0.5) is 0 Å². The van der Waals surface area contributed by atoms with Gasteiger partial charge in [0.05, 0.1) is 11.2 Å². The molecule has 0 amide bonds. The zero-order valence-electron chi connectivity index (χ0n) is 12.8. The van der Waals surface area contributed by atoms with Crippen molar-refractivity contribution in [1.29, 1.82) is 0 Å². The van der Waals surface area contributed by atoms with Crippen molar-refractivity contribution < 1.29 is 0 Å². The van der Waals surface area contributed by atoms with Gasteiger partial charge in [0.2, 0.25) is 5.96 Å². The van der Waals surface area contributed by atoms with Gasteiger partial charge in [-0.2, -0.15) is 5.10 Å². The topological polar surface area (TPSA) is 62.8 Å². The molecule has 3 aromatic carbocycles. The van der Waals surface area contributed by atoms with E-state index in [1.165, 1.54) is 0 Å². The van der Waals surface area contributed by atoms with E-state index in [0.717, 1.165) is 32.1 Å². The van der Waals surface area contributed by atoms with Crippen molar-refractivity contribution >= 4 is 45.3 Å². The molecule has 0 bridgehead atoms. The van der Waals surface area contributed by atoms with Gasteiger partial charge in [-0.1, -0.05) is 60.1 Å². The van der Waals surface area contributed by atoms with Crippen molar-refractivity contribution in [3.8, 4) is 0 Å². The second kappa shape index (κ2) is 6.67. The molecule has 0 aliphatic rings. The number of nitrogens with one attached hydrogen (secondary N) is 1. The quantitative estimate of drug-likeness (QED) is 0.332. The summed E-state index contributed by atoms with van der Waals surface area (Å²) in [6.45, 7) is 2.53. The summed E-state index contributed by atoms with van der Waals surface area (Å²) in [5, 5.41) is 9.08. The van der Waals surface area contributed by atoms with E-state index in [1.807, 2.05) is 55.5 Å². The molecule has 116 valence electrons. The van der Waals surface area contributed by atoms with Crippen LogP contribution >= 0.6 is 11.6 Å². The monoisotopic (exact) mass is 324 g/mol. The molecule has 4 nitrogen and oxygen atoms in total. The van der Waals surface area contributed by atoms with E-state index in [9.17, 15) is 0 Å². The molecule has 0 saturated heterocycles. The SMILES string of the molecule is CCN=C(N)NN=Cc1c2ccccc2c(Cl)c2ccccc12. The molecule has 0 fully saturated rings. The minimum atomic E-state index is 0.298. The van der Waals surface area contributed by atoms with E-state index in [4.69, 9.17) is 17.3 Å². The van der Waals surface area contributed by atoms with Crippen LogP contribution in [0.25, 0.3) is 21.5 Å². The van der Waals surface area contributed by atoms with Crippen LogP contribution in [0.1, 0.15) is 12.5 Å². The average molecular weight is 325 g/mol. The van der Waals surface area contributed by atoms with Gasteiger partial charge in [0, 0.05) is 22.9 Å². The number of guanidine groups is 1. The Bertz CT molecular complexity index is 858. The molecule has 0 aliphatic heterocycles. The maximum Gasteiger partial charge on any atom is 0.209 e. The Morgan fingerprint density at radius 2 is 1.57 bits per heavy atom. The van der Waals surface area contributed by atoms with Gasteiger partial charge >= 0.3 is 0 Å². The number of halogens is 1. The highest BCUT2D eigenvalue weighted by Crippen LogP contribution is 2.35. The van der Waals surface area contributed by atoms with Gasteiger partial charge < -0.3 is 5.73 Å². The summed E-state index contributed by atoms with van der Waals surface area (Å²) in [6.07, 6.45) is 1.76. The third kappa shape index (κ3) is 2.98.